The number of alkyl halides is 9. The van der Waals surface area contributed by atoms with Crippen LogP contribution in [0.15, 0.2) is 160 Å². The van der Waals surface area contributed by atoms with Crippen molar-refractivity contribution < 1.29 is 106 Å². The van der Waals surface area contributed by atoms with Crippen LogP contribution in [0.25, 0.3) is 55.6 Å². The first-order valence-electron chi connectivity index (χ1n) is 40.0. The summed E-state index contributed by atoms with van der Waals surface area (Å²) in [5.74, 6) is -1.32. The highest BCUT2D eigenvalue weighted by molar-refractivity contribution is 6.62. The average Bonchev–Trinajstić information content (AvgIpc) is 1.28. The summed E-state index contributed by atoms with van der Waals surface area (Å²) in [4.78, 5) is 73.6. The van der Waals surface area contributed by atoms with E-state index < -0.39 is 101 Å². The number of carbonyl (C=O) groups is 3. The van der Waals surface area contributed by atoms with Gasteiger partial charge in [-0.15, -0.1) is 0 Å². The number of pyridine rings is 3. The highest BCUT2D eigenvalue weighted by Gasteiger charge is 2.52. The number of carboxylic acid groups (broad SMARTS) is 1. The van der Waals surface area contributed by atoms with E-state index >= 15 is 0 Å². The molecule has 0 radical (unpaired) electrons. The fraction of sp³-hybridized carbons (Fsp3) is 0.419. The van der Waals surface area contributed by atoms with Crippen LogP contribution in [-0.4, -0.2) is 106 Å². The molecule has 1 saturated heterocycles. The molecule has 0 aliphatic carbocycles. The summed E-state index contributed by atoms with van der Waals surface area (Å²) in [6.45, 7) is 26.3. The van der Waals surface area contributed by atoms with E-state index in [2.05, 4.69) is 0 Å². The number of fused-ring (bicyclic) bond motifs is 3. The number of methoxy groups -OCH3 is 2. The first-order valence-corrected chi connectivity index (χ1v) is 40.0. The van der Waals surface area contributed by atoms with E-state index in [4.69, 9.17) is 47.2 Å². The fourth-order valence-corrected chi connectivity index (χ4v) is 14.8. The molecule has 3 unspecified atom stereocenters. The smallest absolute Gasteiger partial charge is 0.493 e. The third-order valence-electron chi connectivity index (χ3n) is 21.1. The number of halogens is 9. The molecule has 4 aliphatic rings. The highest BCUT2D eigenvalue weighted by Crippen LogP contribution is 2.52. The average molecular weight is 1720 g/mol. The first-order chi connectivity index (χ1) is 57.2. The van der Waals surface area contributed by atoms with Crippen molar-refractivity contribution in [2.45, 2.75) is 200 Å². The van der Waals surface area contributed by atoms with Crippen LogP contribution in [0.2, 0.25) is 0 Å². The maximum Gasteiger partial charge on any atom is 0.496 e. The van der Waals surface area contributed by atoms with E-state index in [1.165, 1.54) is 69.4 Å². The lowest BCUT2D eigenvalue weighted by Gasteiger charge is -2.32. The Morgan fingerprint density at radius 1 is 0.423 bits per heavy atom. The van der Waals surface area contributed by atoms with Gasteiger partial charge in [-0.3, -0.25) is 14.4 Å². The van der Waals surface area contributed by atoms with E-state index in [-0.39, 0.29) is 50.1 Å². The number of rotatable bonds is 15. The van der Waals surface area contributed by atoms with Crippen molar-refractivity contribution in [3.05, 3.63) is 233 Å². The van der Waals surface area contributed by atoms with Crippen LogP contribution in [0.1, 0.15) is 183 Å². The molecule has 3 aromatic heterocycles. The van der Waals surface area contributed by atoms with Crippen LogP contribution in [0.3, 0.4) is 0 Å². The number of esters is 2. The number of hydrogen-bond acceptors (Lipinski definition) is 16. The largest absolute Gasteiger partial charge is 0.496 e. The SMILES string of the molecule is COC(=O)C(OC(C)(C)C)c1c(C(F)(F)F)ccc(-c2ccc(=O)n(C)c2)c1-c1ccc2c(c1)CCCO2.COC(=O)C(OC(C)(C)C)c1c(C(F)(F)F)ccc(C)c1-c1ccc2c(c1)CCCO2.Cn1cc(-c2ccc(C(F)(F)F)c(C(OC(C)(C)C)C(=O)O)c2-c2ccc3c(c2)CCCO3)ccc1=O.Cn1cc(B2OC(C)(C)C(C)(C)O2)ccc1=O. The lowest BCUT2D eigenvalue weighted by Crippen LogP contribution is -2.41. The number of aromatic nitrogens is 3. The molecule has 9 aromatic rings. The molecule has 0 saturated carbocycles. The molecule has 0 spiro atoms. The Kier molecular flexibility index (Phi) is 28.4. The molecule has 123 heavy (non-hydrogen) atoms. The Morgan fingerprint density at radius 2 is 0.732 bits per heavy atom. The van der Waals surface area contributed by atoms with Gasteiger partial charge in [0.15, 0.2) is 18.3 Å². The number of hydrogen-bond donors (Lipinski definition) is 1. The van der Waals surface area contributed by atoms with E-state index in [0.717, 1.165) is 86.0 Å². The van der Waals surface area contributed by atoms with Crippen molar-refractivity contribution >= 4 is 30.5 Å². The molecule has 1 fully saturated rings. The molecule has 7 heterocycles. The van der Waals surface area contributed by atoms with Crippen LogP contribution in [0.4, 0.5) is 39.5 Å². The maximum absolute atomic E-state index is 14.6. The molecule has 1 N–H and O–H groups in total. The molecule has 6 aromatic carbocycles. The zero-order valence-corrected chi connectivity index (χ0v) is 72.3. The van der Waals surface area contributed by atoms with Gasteiger partial charge in [-0.2, -0.15) is 39.5 Å². The normalized spacial score (nSPS) is 15.7. The van der Waals surface area contributed by atoms with Gasteiger partial charge in [-0.05, 0) is 286 Å². The van der Waals surface area contributed by atoms with E-state index in [9.17, 15) is 73.4 Å². The zero-order chi connectivity index (χ0) is 90.8. The van der Waals surface area contributed by atoms with Crippen LogP contribution >= 0.6 is 0 Å². The number of aliphatic carboxylic acids is 1. The van der Waals surface area contributed by atoms with E-state index in [0.29, 0.717) is 94.2 Å². The van der Waals surface area contributed by atoms with Gasteiger partial charge in [-0.1, -0.05) is 42.5 Å². The molecule has 20 nitrogen and oxygen atoms in total. The van der Waals surface area contributed by atoms with Gasteiger partial charge < -0.3 is 66.0 Å². The summed E-state index contributed by atoms with van der Waals surface area (Å²) in [6, 6.07) is 31.5. The van der Waals surface area contributed by atoms with Gasteiger partial charge in [0.1, 0.15) is 17.2 Å². The number of benzene rings is 6. The minimum Gasteiger partial charge on any atom is -0.493 e. The topological polar surface area (TPSA) is 230 Å². The summed E-state index contributed by atoms with van der Waals surface area (Å²) < 4.78 is 190. The summed E-state index contributed by atoms with van der Waals surface area (Å²) >= 11 is 0. The lowest BCUT2D eigenvalue weighted by molar-refractivity contribution is -0.167. The third-order valence-corrected chi connectivity index (χ3v) is 21.1. The minimum atomic E-state index is -4.85. The molecule has 658 valence electrons. The van der Waals surface area contributed by atoms with Gasteiger partial charge in [0.05, 0.1) is 78.7 Å². The van der Waals surface area contributed by atoms with Gasteiger partial charge in [0.25, 0.3) is 0 Å². The molecular weight excluding hydrogens is 1610 g/mol. The highest BCUT2D eigenvalue weighted by atomic mass is 19.4. The summed E-state index contributed by atoms with van der Waals surface area (Å²) in [6.07, 6.45) is -10.1. The number of carboxylic acids is 1. The fourth-order valence-electron chi connectivity index (χ4n) is 14.8. The van der Waals surface area contributed by atoms with Gasteiger partial charge in [0.2, 0.25) is 16.7 Å². The monoisotopic (exact) mass is 1720 g/mol. The Hall–Kier alpha value is -10.8. The number of ether oxygens (including phenoxy) is 8. The number of carbonyl (C=O) groups excluding carboxylic acids is 2. The molecule has 4 aliphatic heterocycles. The van der Waals surface area contributed by atoms with Gasteiger partial charge >= 0.3 is 43.6 Å². The zero-order valence-electron chi connectivity index (χ0n) is 72.3. The van der Waals surface area contributed by atoms with Crippen molar-refractivity contribution in [1.82, 2.24) is 13.7 Å². The first kappa shape index (κ1) is 94.5. The van der Waals surface area contributed by atoms with Crippen molar-refractivity contribution in [3.8, 4) is 72.9 Å². The minimum absolute atomic E-state index is 0.0368. The summed E-state index contributed by atoms with van der Waals surface area (Å²) in [7, 11) is 6.66. The van der Waals surface area contributed by atoms with Crippen LogP contribution in [0, 0.1) is 6.92 Å². The summed E-state index contributed by atoms with van der Waals surface area (Å²) in [5, 5.41) is 10.1. The van der Waals surface area contributed by atoms with Gasteiger partial charge in [0, 0.05) is 74.6 Å². The van der Waals surface area contributed by atoms with E-state index in [1.54, 1.807) is 156 Å². The summed E-state index contributed by atoms with van der Waals surface area (Å²) in [5.41, 5.74) is -0.483. The lowest BCUT2D eigenvalue weighted by atomic mass is 9.80. The van der Waals surface area contributed by atoms with Gasteiger partial charge in [-0.25, -0.2) is 14.4 Å². The Balaban J connectivity index is 0.000000177. The molecule has 3 atom stereocenters. The van der Waals surface area contributed by atoms with E-state index in [1.807, 2.05) is 33.8 Å². The van der Waals surface area contributed by atoms with Crippen LogP contribution in [-0.2, 0) is 106 Å². The second-order valence-electron chi connectivity index (χ2n) is 34.4. The van der Waals surface area contributed by atoms with Crippen LogP contribution < -0.4 is 36.4 Å². The van der Waals surface area contributed by atoms with Crippen molar-refractivity contribution in [3.63, 3.8) is 0 Å². The Morgan fingerprint density at radius 3 is 1.06 bits per heavy atom. The maximum atomic E-state index is 14.6. The Bertz CT molecular complexity index is 5590. The molecule has 0 bridgehead atoms. The predicted molar refractivity (Wildman–Crippen MR) is 448 cm³/mol. The molecule has 13 rings (SSSR count). The molecular formula is C93H103BF9N3O17. The second-order valence-corrected chi connectivity index (χ2v) is 34.4. The third kappa shape index (κ3) is 22.4. The van der Waals surface area contributed by atoms with Crippen molar-refractivity contribution in [2.24, 2.45) is 21.1 Å². The van der Waals surface area contributed by atoms with Crippen LogP contribution in [0.5, 0.6) is 17.2 Å². The second kappa shape index (κ2) is 36.9. The predicted octanol–water partition coefficient (Wildman–Crippen LogP) is 18.8. The number of nitrogens with zero attached hydrogens (tertiary/aromatic N) is 3. The molecule has 30 heteroatoms. The van der Waals surface area contributed by atoms with Crippen molar-refractivity contribution in [2.75, 3.05) is 34.0 Å². The Labute approximate surface area is 708 Å². The standard InChI is InChI=1S/C29H30F3NO5.C28H28F3NO5.C24H27F3O4.C12H18BNO3/c1-28(2,3)38-26(27(35)36-5)25-21(29(30,31)32)11-10-20(19-9-13-23(34)33(4)16-19)24(25)18-8-12-22-17(15-18)7-6-14-37-22;1-27(2,3)37-25(26(34)35)24-20(28(29,30)31)10-9-19(18-8-12-22(33)32(4)15-18)23(24)17-7-11-21-16(14-17)6-5-13-36-21;1-14-8-10-17(24(25,26)27)20(21(22(28)29-5)31-23(2,3)4)19(14)16-9-11-18-15(13-16)7-6-12-30-18;1-11(2)12(3,4)17-13(16-11)9-6-7-10(15)14(5)8-9/h8-13,15-16,26H,6-7,14H2,1-5H3;7-12,14-15,25H,5-6,13H2,1-4H3,(H,34,35);8-11,13,21H,6-7,12H2,1-5H3;6-8H,1-5H3. The number of aryl methyl sites for hydroxylation is 7. The van der Waals surface area contributed by atoms with Crippen molar-refractivity contribution in [1.29, 1.82) is 0 Å². The molecule has 0 amide bonds. The quantitative estimate of drug-likeness (QED) is 0.0571.